The molecule has 178 valence electrons. The minimum atomic E-state index is -3.77. The molecule has 2 fully saturated rings. The van der Waals surface area contributed by atoms with Crippen molar-refractivity contribution >= 4 is 38.7 Å². The summed E-state index contributed by atoms with van der Waals surface area (Å²) in [6.07, 6.45) is 4.52. The van der Waals surface area contributed by atoms with Crippen LogP contribution in [-0.4, -0.2) is 35.4 Å². The summed E-state index contributed by atoms with van der Waals surface area (Å²) in [5, 5.41) is 7.43. The predicted molar refractivity (Wildman–Crippen MR) is 131 cm³/mol. The Labute approximate surface area is 202 Å². The molecule has 4 N–H and O–H groups in total. The third-order valence-electron chi connectivity index (χ3n) is 6.28. The van der Waals surface area contributed by atoms with Gasteiger partial charge in [0.1, 0.15) is 10.6 Å². The molecule has 0 saturated heterocycles. The highest BCUT2D eigenvalue weighted by Gasteiger charge is 2.51. The molecule has 2 amide bonds. The van der Waals surface area contributed by atoms with Crippen molar-refractivity contribution in [3.05, 3.63) is 47.1 Å². The molecular formula is C23H26N6O3S2. The third-order valence-corrected chi connectivity index (χ3v) is 10.2. The smallest absolute Gasteiger partial charge is 0.319 e. The Hall–Kier alpha value is -3.05. The predicted octanol–water partition coefficient (Wildman–Crippen LogP) is 4.02. The summed E-state index contributed by atoms with van der Waals surface area (Å²) in [5.74, 6) is 0.559. The lowest BCUT2D eigenvalue weighted by Gasteiger charge is -2.27. The number of aromatic nitrogens is 3. The van der Waals surface area contributed by atoms with Crippen molar-refractivity contribution in [1.82, 2.24) is 20.3 Å². The van der Waals surface area contributed by atoms with Gasteiger partial charge in [0, 0.05) is 34.4 Å². The first-order chi connectivity index (χ1) is 16.3. The van der Waals surface area contributed by atoms with E-state index in [9.17, 15) is 13.2 Å². The molecule has 0 spiro atoms. The molecule has 3 aromatic rings. The summed E-state index contributed by atoms with van der Waals surface area (Å²) >= 11 is 1.14. The van der Waals surface area contributed by atoms with Crippen LogP contribution in [-0.2, 0) is 14.6 Å². The second kappa shape index (κ2) is 8.62. The van der Waals surface area contributed by atoms with Crippen LogP contribution < -0.4 is 16.4 Å². The van der Waals surface area contributed by atoms with E-state index in [1.54, 1.807) is 42.6 Å². The molecule has 11 heteroatoms. The van der Waals surface area contributed by atoms with Crippen molar-refractivity contribution in [1.29, 1.82) is 0 Å². The lowest BCUT2D eigenvalue weighted by atomic mass is 10.0. The maximum atomic E-state index is 13.8. The molecule has 9 nitrogen and oxygen atoms in total. The number of nitrogens with one attached hydrogen (secondary N) is 2. The minimum Gasteiger partial charge on any atom is -0.384 e. The number of anilines is 2. The van der Waals surface area contributed by atoms with Gasteiger partial charge in [-0.05, 0) is 56.9 Å². The summed E-state index contributed by atoms with van der Waals surface area (Å²) in [6.45, 7) is 1.78. The van der Waals surface area contributed by atoms with E-state index in [0.717, 1.165) is 37.0 Å². The van der Waals surface area contributed by atoms with Gasteiger partial charge in [0.05, 0.1) is 5.69 Å². The lowest BCUT2D eigenvalue weighted by Crippen LogP contribution is -2.34. The Kier molecular flexibility index (Phi) is 5.76. The monoisotopic (exact) mass is 498 g/mol. The molecule has 0 radical (unpaired) electrons. The summed E-state index contributed by atoms with van der Waals surface area (Å²) in [6, 6.07) is 8.69. The van der Waals surface area contributed by atoms with Crippen LogP contribution in [0.4, 0.5) is 16.3 Å². The van der Waals surface area contributed by atoms with Crippen molar-refractivity contribution < 1.29 is 13.2 Å². The van der Waals surface area contributed by atoms with E-state index in [2.05, 4.69) is 20.6 Å². The number of nitrogen functional groups attached to an aromatic ring is 1. The van der Waals surface area contributed by atoms with Crippen molar-refractivity contribution in [3.8, 4) is 11.4 Å². The van der Waals surface area contributed by atoms with Gasteiger partial charge in [-0.3, -0.25) is 0 Å². The number of rotatable bonds is 6. The normalized spacial score (nSPS) is 17.4. The fourth-order valence-corrected chi connectivity index (χ4v) is 7.80. The maximum Gasteiger partial charge on any atom is 0.319 e. The zero-order chi connectivity index (χ0) is 23.9. The number of amides is 2. The van der Waals surface area contributed by atoms with Crippen LogP contribution in [0.5, 0.6) is 0 Å². The van der Waals surface area contributed by atoms with E-state index in [1.807, 2.05) is 0 Å². The zero-order valence-electron chi connectivity index (χ0n) is 18.7. The molecule has 2 aliphatic carbocycles. The Balaban J connectivity index is 1.47. The fraction of sp³-hybridized carbons (Fsp3) is 0.391. The molecule has 2 aromatic heterocycles. The molecule has 2 aliphatic rings. The van der Waals surface area contributed by atoms with Gasteiger partial charge >= 0.3 is 6.03 Å². The second-order valence-corrected chi connectivity index (χ2v) is 12.2. The lowest BCUT2D eigenvalue weighted by molar-refractivity contribution is 0.251. The van der Waals surface area contributed by atoms with Gasteiger partial charge in [-0.1, -0.05) is 12.8 Å². The van der Waals surface area contributed by atoms with E-state index in [1.165, 1.54) is 0 Å². The van der Waals surface area contributed by atoms with Gasteiger partial charge in [0.2, 0.25) is 14.2 Å². The average Bonchev–Trinajstić information content (AvgIpc) is 3.27. The number of carbonyl (C=O) groups excluding carboxylic acids is 1. The van der Waals surface area contributed by atoms with Crippen LogP contribution in [0.15, 0.2) is 40.1 Å². The molecule has 2 heterocycles. The Morgan fingerprint density at radius 1 is 1.12 bits per heavy atom. The molecular weight excluding hydrogens is 472 g/mol. The molecule has 34 heavy (non-hydrogen) atoms. The Bertz CT molecular complexity index is 1330. The van der Waals surface area contributed by atoms with Crippen LogP contribution in [0.25, 0.3) is 11.4 Å². The summed E-state index contributed by atoms with van der Waals surface area (Å²) in [5.41, 5.74) is 8.54. The molecule has 0 unspecified atom stereocenters. The highest BCUT2D eigenvalue weighted by atomic mass is 32.2. The zero-order valence-corrected chi connectivity index (χ0v) is 20.4. The second-order valence-electron chi connectivity index (χ2n) is 8.91. The number of hydrogen-bond donors (Lipinski definition) is 3. The molecule has 2 saturated carbocycles. The topological polar surface area (TPSA) is 140 Å². The van der Waals surface area contributed by atoms with E-state index >= 15 is 0 Å². The van der Waals surface area contributed by atoms with Gasteiger partial charge in [-0.2, -0.15) is 0 Å². The van der Waals surface area contributed by atoms with Crippen LogP contribution >= 0.6 is 11.3 Å². The highest BCUT2D eigenvalue weighted by molar-refractivity contribution is 7.94. The van der Waals surface area contributed by atoms with E-state index < -0.39 is 14.6 Å². The third kappa shape index (κ3) is 4.25. The largest absolute Gasteiger partial charge is 0.384 e. The average molecular weight is 499 g/mol. The summed E-state index contributed by atoms with van der Waals surface area (Å²) in [4.78, 5) is 25.3. The first-order valence-electron chi connectivity index (χ1n) is 11.3. The van der Waals surface area contributed by atoms with Crippen molar-refractivity contribution in [2.24, 2.45) is 0 Å². The number of nitrogens with zero attached hydrogens (tertiary/aromatic N) is 3. The molecule has 0 aliphatic heterocycles. The summed E-state index contributed by atoms with van der Waals surface area (Å²) < 4.78 is 26.5. The number of thiazole rings is 1. The van der Waals surface area contributed by atoms with Crippen LogP contribution in [0, 0.1) is 6.92 Å². The highest BCUT2D eigenvalue weighted by Crippen LogP contribution is 2.48. The maximum absolute atomic E-state index is 13.8. The standard InChI is InChI=1S/C23H26N6O3S2/c1-14-13-33-22(25-14)34(31,32)23(10-2-3-11-23)18-12-19(24)29-20(28-18)15-4-6-16(7-5-15)26-21(30)27-17-8-9-17/h4-7,12-13,17H,2-3,8-11H2,1H3,(H2,24,28,29)(H2,26,27,30). The van der Waals surface area contributed by atoms with Crippen LogP contribution in [0.1, 0.15) is 49.9 Å². The van der Waals surface area contributed by atoms with Crippen LogP contribution in [0.3, 0.4) is 0 Å². The minimum absolute atomic E-state index is 0.116. The van der Waals surface area contributed by atoms with Crippen molar-refractivity contribution in [3.63, 3.8) is 0 Å². The van der Waals surface area contributed by atoms with E-state index in [4.69, 9.17) is 10.7 Å². The number of aryl methyl sites for hydroxylation is 1. The van der Waals surface area contributed by atoms with Gasteiger partial charge in [-0.25, -0.2) is 28.2 Å². The van der Waals surface area contributed by atoms with Crippen molar-refractivity contribution in [2.75, 3.05) is 11.1 Å². The van der Waals surface area contributed by atoms with Gasteiger partial charge in [0.25, 0.3) is 0 Å². The molecule has 5 rings (SSSR count). The number of benzene rings is 1. The molecule has 1 aromatic carbocycles. The van der Waals surface area contributed by atoms with E-state index in [0.29, 0.717) is 41.3 Å². The first-order valence-corrected chi connectivity index (χ1v) is 13.6. The van der Waals surface area contributed by atoms with Gasteiger partial charge < -0.3 is 16.4 Å². The molecule has 0 atom stereocenters. The van der Waals surface area contributed by atoms with Crippen molar-refractivity contribution in [2.45, 2.75) is 60.6 Å². The number of hydrogen-bond acceptors (Lipinski definition) is 8. The van der Waals surface area contributed by atoms with Gasteiger partial charge in [-0.15, -0.1) is 11.3 Å². The number of carbonyl (C=O) groups is 1. The number of urea groups is 1. The van der Waals surface area contributed by atoms with E-state index in [-0.39, 0.29) is 22.2 Å². The number of sulfone groups is 1. The Morgan fingerprint density at radius 3 is 2.44 bits per heavy atom. The number of nitrogens with two attached hydrogens (primary N) is 1. The molecule has 0 bridgehead atoms. The quantitative estimate of drug-likeness (QED) is 0.466. The SMILES string of the molecule is Cc1csc(S(=O)(=O)C2(c3cc(N)nc(-c4ccc(NC(=O)NC5CC5)cc4)n3)CCCC2)n1. The fourth-order valence-electron chi connectivity index (χ4n) is 4.34. The van der Waals surface area contributed by atoms with Gasteiger partial charge in [0.15, 0.2) is 5.82 Å². The summed E-state index contributed by atoms with van der Waals surface area (Å²) in [7, 11) is -3.77. The first kappa shape index (κ1) is 22.7. The van der Waals surface area contributed by atoms with Crippen LogP contribution in [0.2, 0.25) is 0 Å². The Morgan fingerprint density at radius 2 is 1.82 bits per heavy atom.